The van der Waals surface area contributed by atoms with Gasteiger partial charge in [0.25, 0.3) is 0 Å². The molecule has 0 saturated heterocycles. The maximum atomic E-state index is 11.4. The first-order valence-corrected chi connectivity index (χ1v) is 2.47. The van der Waals surface area contributed by atoms with Crippen LogP contribution in [0.4, 0.5) is 13.2 Å². The summed E-state index contributed by atoms with van der Waals surface area (Å²) in [5.41, 5.74) is 0. The van der Waals surface area contributed by atoms with E-state index in [1.165, 1.54) is 0 Å². The Morgan fingerprint density at radius 3 is 2.91 bits per heavy atom. The molecule has 0 bridgehead atoms. The first-order chi connectivity index (χ1) is 5.47. The summed E-state index contributed by atoms with van der Waals surface area (Å²) in [6, 6.07) is 0. The van der Waals surface area contributed by atoms with E-state index in [0.29, 0.717) is 0 Å². The molecule has 1 rings (SSSR count). The van der Waals surface area contributed by atoms with E-state index in [4.69, 9.17) is 1.37 Å². The number of alkyl halides is 3. The van der Waals surface area contributed by atoms with Gasteiger partial charge in [-0.15, -0.1) is 23.4 Å². The van der Waals surface area contributed by atoms with Gasteiger partial charge in [-0.05, 0) is 0 Å². The fraction of sp³-hybridized carbons (Fsp3) is 0.500. The van der Waals surface area contributed by atoms with Crippen LogP contribution in [0.5, 0.6) is 0 Å². The fourth-order valence-electron chi connectivity index (χ4n) is 0.372. The first-order valence-electron chi connectivity index (χ1n) is 2.97. The van der Waals surface area contributed by atoms with Crippen LogP contribution < -0.4 is 0 Å². The number of nitrogens with zero attached hydrogens (tertiary/aromatic N) is 2. The number of rotatable bonds is 2. The van der Waals surface area contributed by atoms with Crippen molar-refractivity contribution in [2.45, 2.75) is 13.0 Å². The Bertz CT molecular complexity index is 261. The number of aromatic nitrogens is 2. The van der Waals surface area contributed by atoms with Crippen LogP contribution in [0.15, 0.2) is 10.8 Å². The second-order valence-electron chi connectivity index (χ2n) is 1.52. The molecule has 0 aliphatic carbocycles. The Hall–Kier alpha value is -1.11. The van der Waals surface area contributed by atoms with Crippen LogP contribution in [0, 0.1) is 0 Å². The predicted octanol–water partition coefficient (Wildman–Crippen LogP) is 1.11. The topological polar surface area (TPSA) is 48.2 Å². The summed E-state index contributed by atoms with van der Waals surface area (Å²) in [6.07, 6.45) is -5.27. The zero-order valence-electron chi connectivity index (χ0n) is 6.05. The van der Waals surface area contributed by atoms with Crippen molar-refractivity contribution in [3.63, 3.8) is 0 Å². The van der Waals surface area contributed by atoms with Crippen LogP contribution >= 0.6 is 0 Å². The van der Waals surface area contributed by atoms with Gasteiger partial charge in [0.2, 0.25) is 12.3 Å². The summed E-state index contributed by atoms with van der Waals surface area (Å²) in [4.78, 5) is 0. The summed E-state index contributed by atoms with van der Waals surface area (Å²) in [5.74, 6) is -0.377. The molecular formula is C4H3F3N2O2. The molecule has 0 aliphatic heterocycles. The van der Waals surface area contributed by atoms with Crippen molar-refractivity contribution in [3.05, 3.63) is 12.3 Å². The van der Waals surface area contributed by atoms with E-state index in [-0.39, 0.29) is 5.89 Å². The lowest BCUT2D eigenvalue weighted by Crippen LogP contribution is -2.12. The molecule has 0 radical (unpaired) electrons. The van der Waals surface area contributed by atoms with E-state index in [9.17, 15) is 13.2 Å². The highest BCUT2D eigenvalue weighted by Gasteiger charge is 2.29. The number of hydrogen-bond donors (Lipinski definition) is 0. The van der Waals surface area contributed by atoms with Crippen molar-refractivity contribution in [1.82, 2.24) is 10.2 Å². The molecule has 0 unspecified atom stereocenters. The minimum Gasteiger partial charge on any atom is -0.425 e. The summed E-state index contributed by atoms with van der Waals surface area (Å²) in [6.45, 7) is -0.866. The molecule has 0 spiro atoms. The number of ether oxygens (including phenoxy) is 1. The molecule has 0 amide bonds. The highest BCUT2D eigenvalue weighted by atomic mass is 19.4. The minimum absolute atomic E-state index is 0.377. The van der Waals surface area contributed by atoms with Gasteiger partial charge >= 0.3 is 6.36 Å². The second-order valence-corrected chi connectivity index (χ2v) is 1.52. The predicted molar refractivity (Wildman–Crippen MR) is 25.1 cm³/mol. The van der Waals surface area contributed by atoms with E-state index in [2.05, 4.69) is 19.4 Å². The molecular weight excluding hydrogens is 165 g/mol. The van der Waals surface area contributed by atoms with Crippen LogP contribution in [0.25, 0.3) is 0 Å². The van der Waals surface area contributed by atoms with Gasteiger partial charge < -0.3 is 4.42 Å². The van der Waals surface area contributed by atoms with Gasteiger partial charge in [0.1, 0.15) is 7.98 Å². The number of hydrogen-bond acceptors (Lipinski definition) is 4. The lowest BCUT2D eigenvalue weighted by atomic mass is 10.7. The van der Waals surface area contributed by atoms with Crippen molar-refractivity contribution in [3.8, 4) is 0 Å². The molecule has 0 atom stereocenters. The van der Waals surface area contributed by atoms with E-state index < -0.39 is 19.3 Å². The molecule has 11 heavy (non-hydrogen) atoms. The minimum atomic E-state index is -4.73. The van der Waals surface area contributed by atoms with E-state index >= 15 is 0 Å². The Morgan fingerprint density at radius 1 is 1.73 bits per heavy atom. The average molecular weight is 169 g/mol. The zero-order valence-corrected chi connectivity index (χ0v) is 5.05. The van der Waals surface area contributed by atoms with Gasteiger partial charge in [-0.2, -0.15) is 0 Å². The third kappa shape index (κ3) is 2.99. The number of halogens is 3. The maximum absolute atomic E-state index is 11.4. The monoisotopic (exact) mass is 169 g/mol. The van der Waals surface area contributed by atoms with Crippen molar-refractivity contribution >= 4 is 0 Å². The molecule has 7 heteroatoms. The summed E-state index contributed by atoms with van der Waals surface area (Å²) in [7, 11) is 0. The fourth-order valence-corrected chi connectivity index (χ4v) is 0.372. The van der Waals surface area contributed by atoms with Crippen LogP contribution in [0.2, 0.25) is 0 Å². The summed E-state index contributed by atoms with van der Waals surface area (Å²) in [5, 5.41) is 6.11. The van der Waals surface area contributed by atoms with Gasteiger partial charge in [-0.25, -0.2) is 0 Å². The van der Waals surface area contributed by atoms with E-state index in [1.54, 1.807) is 0 Å². The van der Waals surface area contributed by atoms with Gasteiger partial charge in [0.15, 0.2) is 0 Å². The molecule has 0 fully saturated rings. The first kappa shape index (κ1) is 6.59. The molecule has 1 aromatic rings. The van der Waals surface area contributed by atoms with Crippen LogP contribution in [0.3, 0.4) is 0 Å². The molecule has 0 saturated carbocycles. The van der Waals surface area contributed by atoms with Gasteiger partial charge in [0.05, 0.1) is 0 Å². The largest absolute Gasteiger partial charge is 0.523 e. The smallest absolute Gasteiger partial charge is 0.425 e. The normalized spacial score (nSPS) is 13.2. The third-order valence-corrected chi connectivity index (χ3v) is 0.725. The Morgan fingerprint density at radius 2 is 2.45 bits per heavy atom. The average Bonchev–Trinajstić information content (AvgIpc) is 2.30. The van der Waals surface area contributed by atoms with E-state index in [0.717, 1.165) is 0 Å². The van der Waals surface area contributed by atoms with Gasteiger partial charge in [-0.1, -0.05) is 0 Å². The molecule has 0 aliphatic rings. The third-order valence-electron chi connectivity index (χ3n) is 0.725. The summed E-state index contributed by atoms with van der Waals surface area (Å²) < 4.78 is 48.5. The van der Waals surface area contributed by atoms with Crippen molar-refractivity contribution in [2.24, 2.45) is 0 Å². The lowest BCUT2D eigenvalue weighted by molar-refractivity contribution is -0.332. The van der Waals surface area contributed by atoms with Crippen molar-refractivity contribution < 1.29 is 23.7 Å². The lowest BCUT2D eigenvalue weighted by Gasteiger charge is -2.02. The molecule has 0 aromatic carbocycles. The Labute approximate surface area is 60.4 Å². The van der Waals surface area contributed by atoms with Crippen LogP contribution in [-0.2, 0) is 11.3 Å². The molecule has 62 valence electrons. The standard InChI is InChI=1S/C4H3F3N2O2/c5-4(6,7)11-1-3-9-8-2-10-3/h2H,1H2/i2D. The van der Waals surface area contributed by atoms with Crippen molar-refractivity contribution in [1.29, 1.82) is 0 Å². The maximum Gasteiger partial charge on any atom is 0.523 e. The molecule has 4 nitrogen and oxygen atoms in total. The van der Waals surface area contributed by atoms with Crippen molar-refractivity contribution in [2.75, 3.05) is 0 Å². The second kappa shape index (κ2) is 2.87. The Kier molecular flexibility index (Phi) is 1.72. The zero-order chi connectivity index (χ0) is 9.19. The van der Waals surface area contributed by atoms with Gasteiger partial charge in [0, 0.05) is 0 Å². The Balaban J connectivity index is 2.44. The summed E-state index contributed by atoms with van der Waals surface area (Å²) >= 11 is 0. The van der Waals surface area contributed by atoms with Crippen LogP contribution in [-0.4, -0.2) is 16.6 Å². The molecule has 1 aromatic heterocycles. The SMILES string of the molecule is [2H]c1nnc(COC(F)(F)F)o1. The van der Waals surface area contributed by atoms with Crippen LogP contribution in [0.1, 0.15) is 7.26 Å². The highest BCUT2D eigenvalue weighted by molar-refractivity contribution is 4.66. The molecule has 1 heterocycles. The van der Waals surface area contributed by atoms with Gasteiger partial charge in [-0.3, -0.25) is 4.74 Å². The highest BCUT2D eigenvalue weighted by Crippen LogP contribution is 2.17. The van der Waals surface area contributed by atoms with E-state index in [1.807, 2.05) is 0 Å². The molecule has 0 N–H and O–H groups in total. The quantitative estimate of drug-likeness (QED) is 0.665.